The van der Waals surface area contributed by atoms with Gasteiger partial charge in [0.2, 0.25) is 0 Å². The van der Waals surface area contributed by atoms with E-state index in [-0.39, 0.29) is 0 Å². The van der Waals surface area contributed by atoms with Gasteiger partial charge < -0.3 is 10.6 Å². The average Bonchev–Trinajstić information content (AvgIpc) is 2.15. The summed E-state index contributed by atoms with van der Waals surface area (Å²) < 4.78 is 48.3. The van der Waals surface area contributed by atoms with Gasteiger partial charge in [-0.15, -0.1) is 0 Å². The number of hydrogen-bond donors (Lipinski definition) is 2. The molecule has 0 aromatic rings. The summed E-state index contributed by atoms with van der Waals surface area (Å²) in [5, 5.41) is 5.51. The zero-order valence-electron chi connectivity index (χ0n) is 9.70. The van der Waals surface area contributed by atoms with Crippen molar-refractivity contribution in [3.8, 4) is 0 Å². The molecule has 0 unspecified atom stereocenters. The number of hydrogen-bond acceptors (Lipinski definition) is 2. The van der Waals surface area contributed by atoms with E-state index in [1.165, 1.54) is 0 Å². The van der Waals surface area contributed by atoms with Crippen LogP contribution in [0.1, 0.15) is 26.7 Å². The lowest BCUT2D eigenvalue weighted by molar-refractivity contribution is -0.125. The van der Waals surface area contributed by atoms with Gasteiger partial charge in [0.1, 0.15) is 0 Å². The molecule has 0 fully saturated rings. The molecule has 0 saturated heterocycles. The van der Waals surface area contributed by atoms with Crippen LogP contribution in [-0.2, 0) is 0 Å². The first kappa shape index (κ1) is 15.6. The van der Waals surface area contributed by atoms with Gasteiger partial charge in [-0.1, -0.05) is 13.8 Å². The summed E-state index contributed by atoms with van der Waals surface area (Å²) in [6, 6.07) is 0.399. The third-order valence-electron chi connectivity index (χ3n) is 2.01. The van der Waals surface area contributed by atoms with Crippen molar-refractivity contribution >= 4 is 0 Å². The van der Waals surface area contributed by atoms with Crippen molar-refractivity contribution in [3.05, 3.63) is 0 Å². The van der Waals surface area contributed by atoms with Crippen LogP contribution in [0.25, 0.3) is 0 Å². The van der Waals surface area contributed by atoms with Crippen molar-refractivity contribution in [2.24, 2.45) is 0 Å². The molecule has 0 aliphatic heterocycles. The predicted octanol–water partition coefficient (Wildman–Crippen LogP) is 2.25. The molecule has 0 rings (SSSR count). The van der Waals surface area contributed by atoms with Gasteiger partial charge >= 0.3 is 12.3 Å². The molecule has 0 aromatic carbocycles. The molecule has 0 amide bonds. The second-order valence-corrected chi connectivity index (χ2v) is 4.05. The maximum Gasteiger partial charge on any atom is 0.319 e. The van der Waals surface area contributed by atoms with Crippen LogP contribution in [0.3, 0.4) is 0 Å². The molecule has 2 nitrogen and oxygen atoms in total. The van der Waals surface area contributed by atoms with E-state index in [9.17, 15) is 17.6 Å². The van der Waals surface area contributed by atoms with Crippen LogP contribution in [0, 0.1) is 0 Å². The average molecular weight is 244 g/mol. The van der Waals surface area contributed by atoms with Crippen LogP contribution in [0.15, 0.2) is 0 Å². The zero-order valence-corrected chi connectivity index (χ0v) is 9.70. The first-order chi connectivity index (χ1) is 7.36. The molecular weight excluding hydrogens is 224 g/mol. The molecule has 0 bridgehead atoms. The summed E-state index contributed by atoms with van der Waals surface area (Å²) in [4.78, 5) is 0. The van der Waals surface area contributed by atoms with E-state index in [0.717, 1.165) is 13.0 Å². The Hall–Kier alpha value is -0.360. The highest BCUT2D eigenvalue weighted by molar-refractivity contribution is 4.71. The van der Waals surface area contributed by atoms with Crippen molar-refractivity contribution in [3.63, 3.8) is 0 Å². The Morgan fingerprint density at radius 3 is 2.12 bits per heavy atom. The molecule has 0 spiro atoms. The normalized spacial score (nSPS) is 12.8. The molecule has 0 atom stereocenters. The molecule has 6 heteroatoms. The molecule has 0 aliphatic carbocycles. The molecule has 16 heavy (non-hydrogen) atoms. The van der Waals surface area contributed by atoms with E-state index in [2.05, 4.69) is 10.6 Å². The maximum absolute atomic E-state index is 12.4. The Labute approximate surface area is 93.8 Å². The molecule has 0 saturated carbocycles. The fraction of sp³-hybridized carbons (Fsp3) is 1.00. The van der Waals surface area contributed by atoms with Gasteiger partial charge in [-0.05, 0) is 25.9 Å². The third-order valence-corrected chi connectivity index (χ3v) is 2.01. The van der Waals surface area contributed by atoms with Crippen LogP contribution in [0.2, 0.25) is 0 Å². The number of halogens is 4. The van der Waals surface area contributed by atoms with Crippen LogP contribution < -0.4 is 10.6 Å². The van der Waals surface area contributed by atoms with E-state index >= 15 is 0 Å². The van der Waals surface area contributed by atoms with Crippen molar-refractivity contribution in [1.82, 2.24) is 10.6 Å². The summed E-state index contributed by atoms with van der Waals surface area (Å²) >= 11 is 0. The quantitative estimate of drug-likeness (QED) is 0.480. The summed E-state index contributed by atoms with van der Waals surface area (Å²) in [5.74, 6) is -3.92. The van der Waals surface area contributed by atoms with Gasteiger partial charge in [0.25, 0.3) is 0 Å². The van der Waals surface area contributed by atoms with Gasteiger partial charge in [-0.3, -0.25) is 0 Å². The first-order valence-corrected chi connectivity index (χ1v) is 5.46. The third kappa shape index (κ3) is 7.87. The Bertz CT molecular complexity index is 174. The van der Waals surface area contributed by atoms with E-state index in [4.69, 9.17) is 0 Å². The zero-order chi connectivity index (χ0) is 12.6. The second kappa shape index (κ2) is 7.84. The lowest BCUT2D eigenvalue weighted by Gasteiger charge is -2.15. The molecule has 0 aromatic heterocycles. The number of unbranched alkanes of at least 4 members (excludes halogenated alkanes) is 1. The molecule has 0 radical (unpaired) electrons. The minimum Gasteiger partial charge on any atom is -0.315 e. The highest BCUT2D eigenvalue weighted by Gasteiger charge is 2.39. The number of nitrogens with one attached hydrogen (secondary N) is 2. The Balaban J connectivity index is 3.34. The minimum atomic E-state index is -3.92. The van der Waals surface area contributed by atoms with Crippen LogP contribution in [0.5, 0.6) is 0 Å². The standard InChI is InChI=1S/C10H20F4N2/c1-8(2)16-6-4-3-5-15-7-10(13,14)9(11)12/h8-9,15-16H,3-7H2,1-2H3. The summed E-state index contributed by atoms with van der Waals surface area (Å²) in [6.45, 7) is 4.22. The molecular formula is C10H20F4N2. The Kier molecular flexibility index (Phi) is 7.66. The van der Waals surface area contributed by atoms with Crippen molar-refractivity contribution in [1.29, 1.82) is 0 Å². The topological polar surface area (TPSA) is 24.1 Å². The predicted molar refractivity (Wildman–Crippen MR) is 56.2 cm³/mol. The largest absolute Gasteiger partial charge is 0.319 e. The monoisotopic (exact) mass is 244 g/mol. The first-order valence-electron chi connectivity index (χ1n) is 5.46. The van der Waals surface area contributed by atoms with Gasteiger partial charge in [-0.25, -0.2) is 8.78 Å². The van der Waals surface area contributed by atoms with Gasteiger partial charge in [0.15, 0.2) is 0 Å². The maximum atomic E-state index is 12.4. The lowest BCUT2D eigenvalue weighted by Crippen LogP contribution is -2.39. The summed E-state index contributed by atoms with van der Waals surface area (Å²) in [5.41, 5.74) is 0. The van der Waals surface area contributed by atoms with E-state index in [0.29, 0.717) is 19.0 Å². The molecule has 2 N–H and O–H groups in total. The Morgan fingerprint density at radius 1 is 1.06 bits per heavy atom. The lowest BCUT2D eigenvalue weighted by atomic mass is 10.2. The van der Waals surface area contributed by atoms with E-state index in [1.807, 2.05) is 13.8 Å². The summed E-state index contributed by atoms with van der Waals surface area (Å²) in [6.07, 6.45) is -2.06. The number of alkyl halides is 4. The summed E-state index contributed by atoms with van der Waals surface area (Å²) in [7, 11) is 0. The number of rotatable bonds is 9. The Morgan fingerprint density at radius 2 is 1.62 bits per heavy atom. The van der Waals surface area contributed by atoms with Crippen LogP contribution in [0.4, 0.5) is 17.6 Å². The van der Waals surface area contributed by atoms with E-state index < -0.39 is 18.9 Å². The van der Waals surface area contributed by atoms with E-state index in [1.54, 1.807) is 0 Å². The molecule has 98 valence electrons. The van der Waals surface area contributed by atoms with Crippen molar-refractivity contribution in [2.45, 2.75) is 45.1 Å². The van der Waals surface area contributed by atoms with Crippen molar-refractivity contribution < 1.29 is 17.6 Å². The van der Waals surface area contributed by atoms with Crippen molar-refractivity contribution in [2.75, 3.05) is 19.6 Å². The SMILES string of the molecule is CC(C)NCCCCNCC(F)(F)C(F)F. The molecule has 0 aliphatic rings. The highest BCUT2D eigenvalue weighted by Crippen LogP contribution is 2.21. The fourth-order valence-corrected chi connectivity index (χ4v) is 1.10. The van der Waals surface area contributed by atoms with Gasteiger partial charge in [0.05, 0.1) is 6.54 Å². The molecule has 0 heterocycles. The van der Waals surface area contributed by atoms with Crippen LogP contribution >= 0.6 is 0 Å². The fourth-order valence-electron chi connectivity index (χ4n) is 1.10. The second-order valence-electron chi connectivity index (χ2n) is 4.05. The van der Waals surface area contributed by atoms with Crippen LogP contribution in [-0.4, -0.2) is 38.0 Å². The van der Waals surface area contributed by atoms with Gasteiger partial charge in [-0.2, -0.15) is 8.78 Å². The smallest absolute Gasteiger partial charge is 0.315 e. The van der Waals surface area contributed by atoms with Gasteiger partial charge in [0, 0.05) is 6.04 Å². The highest BCUT2D eigenvalue weighted by atomic mass is 19.3. The minimum absolute atomic E-state index is 0.335.